The lowest BCUT2D eigenvalue weighted by molar-refractivity contribution is -0.140. The highest BCUT2D eigenvalue weighted by molar-refractivity contribution is 5.69. The lowest BCUT2D eigenvalue weighted by atomic mass is 9.93. The van der Waals surface area contributed by atoms with E-state index in [2.05, 4.69) is 4.74 Å². The van der Waals surface area contributed by atoms with Crippen molar-refractivity contribution in [2.45, 2.75) is 31.2 Å². The van der Waals surface area contributed by atoms with Crippen LogP contribution in [-0.2, 0) is 16.0 Å². The average Bonchev–Trinajstić information content (AvgIpc) is 2.64. The summed E-state index contributed by atoms with van der Waals surface area (Å²) in [7, 11) is 1.39. The maximum absolute atomic E-state index is 11.1. The van der Waals surface area contributed by atoms with Crippen molar-refractivity contribution in [2.75, 3.05) is 7.11 Å². The summed E-state index contributed by atoms with van der Waals surface area (Å²) in [6.07, 6.45) is 1.71. The molecule has 0 saturated heterocycles. The molecule has 0 heterocycles. The second-order valence-corrected chi connectivity index (χ2v) is 4.43. The third kappa shape index (κ3) is 2.26. The van der Waals surface area contributed by atoms with Crippen molar-refractivity contribution < 1.29 is 14.6 Å². The molecule has 4 nitrogen and oxygen atoms in total. The average molecular weight is 235 g/mol. The molecule has 0 fully saturated rings. The van der Waals surface area contributed by atoms with Crippen molar-refractivity contribution in [1.29, 1.82) is 0 Å². The monoisotopic (exact) mass is 235 g/mol. The Kier molecular flexibility index (Phi) is 3.33. The molecule has 1 aliphatic rings. The van der Waals surface area contributed by atoms with E-state index >= 15 is 0 Å². The second kappa shape index (κ2) is 4.75. The van der Waals surface area contributed by atoms with Crippen LogP contribution in [0.2, 0.25) is 0 Å². The van der Waals surface area contributed by atoms with Crippen molar-refractivity contribution in [3.8, 4) is 5.75 Å². The number of phenols is 1. The highest BCUT2D eigenvalue weighted by Crippen LogP contribution is 2.39. The highest BCUT2D eigenvalue weighted by atomic mass is 16.5. The Morgan fingerprint density at radius 2 is 2.35 bits per heavy atom. The number of methoxy groups -OCH3 is 1. The van der Waals surface area contributed by atoms with E-state index in [4.69, 9.17) is 5.73 Å². The Bertz CT molecular complexity index is 431. The van der Waals surface area contributed by atoms with Gasteiger partial charge in [-0.1, -0.05) is 12.1 Å². The molecule has 1 aromatic rings. The molecular weight excluding hydrogens is 218 g/mol. The van der Waals surface area contributed by atoms with Gasteiger partial charge in [0.1, 0.15) is 5.75 Å². The quantitative estimate of drug-likeness (QED) is 0.775. The van der Waals surface area contributed by atoms with Gasteiger partial charge >= 0.3 is 5.97 Å². The first-order chi connectivity index (χ1) is 8.13. The molecule has 0 bridgehead atoms. The zero-order chi connectivity index (χ0) is 12.4. The zero-order valence-corrected chi connectivity index (χ0v) is 9.85. The van der Waals surface area contributed by atoms with Crippen LogP contribution in [0.25, 0.3) is 0 Å². The Morgan fingerprint density at radius 3 is 3.06 bits per heavy atom. The standard InChI is InChI=1S/C13H17NO3/c1-17-13(16)6-5-9-8-3-2-4-12(15)10(8)7-11(9)14/h2-4,9,11,15H,5-7,14H2,1H3. The van der Waals surface area contributed by atoms with E-state index in [-0.39, 0.29) is 17.9 Å². The Hall–Kier alpha value is -1.55. The first kappa shape index (κ1) is 11.9. The summed E-state index contributed by atoms with van der Waals surface area (Å²) < 4.78 is 4.63. The number of carbonyl (C=O) groups excluding carboxylic acids is 1. The number of phenolic OH excluding ortho intramolecular Hbond substituents is 1. The summed E-state index contributed by atoms with van der Waals surface area (Å²) in [6, 6.07) is 5.44. The van der Waals surface area contributed by atoms with Gasteiger partial charge in [0.25, 0.3) is 0 Å². The van der Waals surface area contributed by atoms with Crippen molar-refractivity contribution in [3.05, 3.63) is 29.3 Å². The molecule has 0 spiro atoms. The molecule has 2 rings (SSSR count). The van der Waals surface area contributed by atoms with Crippen LogP contribution < -0.4 is 5.73 Å². The van der Waals surface area contributed by atoms with Gasteiger partial charge < -0.3 is 15.6 Å². The van der Waals surface area contributed by atoms with Gasteiger partial charge in [0.2, 0.25) is 0 Å². The molecule has 1 aliphatic carbocycles. The molecule has 1 aromatic carbocycles. The molecule has 17 heavy (non-hydrogen) atoms. The molecule has 0 aliphatic heterocycles. The SMILES string of the molecule is COC(=O)CCC1c2cccc(O)c2CC1N. The van der Waals surface area contributed by atoms with E-state index in [1.807, 2.05) is 12.1 Å². The van der Waals surface area contributed by atoms with Crippen LogP contribution in [0.4, 0.5) is 0 Å². The maximum atomic E-state index is 11.1. The Morgan fingerprint density at radius 1 is 1.59 bits per heavy atom. The third-order valence-electron chi connectivity index (χ3n) is 3.43. The molecule has 4 heteroatoms. The number of ether oxygens (including phenoxy) is 1. The predicted molar refractivity (Wildman–Crippen MR) is 63.8 cm³/mol. The Balaban J connectivity index is 2.15. The molecule has 0 amide bonds. The summed E-state index contributed by atoms with van der Waals surface area (Å²) >= 11 is 0. The molecule has 2 unspecified atom stereocenters. The normalized spacial score (nSPS) is 22.2. The molecule has 92 valence electrons. The number of hydrogen-bond donors (Lipinski definition) is 2. The highest BCUT2D eigenvalue weighted by Gasteiger charge is 2.31. The lowest BCUT2D eigenvalue weighted by Gasteiger charge is -2.15. The number of hydrogen-bond acceptors (Lipinski definition) is 4. The maximum Gasteiger partial charge on any atom is 0.305 e. The van der Waals surface area contributed by atoms with Crippen LogP contribution in [0.3, 0.4) is 0 Å². The van der Waals surface area contributed by atoms with E-state index in [1.165, 1.54) is 7.11 Å². The minimum absolute atomic E-state index is 0.0250. The van der Waals surface area contributed by atoms with Crippen LogP contribution >= 0.6 is 0 Å². The minimum atomic E-state index is -0.217. The minimum Gasteiger partial charge on any atom is -0.508 e. The van der Waals surface area contributed by atoms with Gasteiger partial charge in [-0.3, -0.25) is 4.79 Å². The van der Waals surface area contributed by atoms with Gasteiger partial charge in [-0.05, 0) is 30.0 Å². The van der Waals surface area contributed by atoms with E-state index in [0.717, 1.165) is 11.1 Å². The van der Waals surface area contributed by atoms with Gasteiger partial charge in [0, 0.05) is 18.4 Å². The molecule has 2 atom stereocenters. The Labute approximate surface area is 100 Å². The lowest BCUT2D eigenvalue weighted by Crippen LogP contribution is -2.25. The van der Waals surface area contributed by atoms with Gasteiger partial charge in [0.15, 0.2) is 0 Å². The number of benzene rings is 1. The fraction of sp³-hybridized carbons (Fsp3) is 0.462. The van der Waals surface area contributed by atoms with E-state index in [1.54, 1.807) is 6.07 Å². The van der Waals surface area contributed by atoms with Crippen molar-refractivity contribution in [1.82, 2.24) is 0 Å². The number of nitrogens with two attached hydrogens (primary N) is 1. The van der Waals surface area contributed by atoms with E-state index in [0.29, 0.717) is 25.0 Å². The number of fused-ring (bicyclic) bond motifs is 1. The molecule has 3 N–H and O–H groups in total. The van der Waals surface area contributed by atoms with Crippen LogP contribution in [0, 0.1) is 0 Å². The molecule has 0 radical (unpaired) electrons. The predicted octanol–water partition coefficient (Wildman–Crippen LogP) is 1.31. The summed E-state index contributed by atoms with van der Waals surface area (Å²) in [6.45, 7) is 0. The van der Waals surface area contributed by atoms with Gasteiger partial charge in [0.05, 0.1) is 7.11 Å². The first-order valence-corrected chi connectivity index (χ1v) is 5.76. The molecule has 0 aromatic heterocycles. The number of rotatable bonds is 3. The number of carbonyl (C=O) groups is 1. The first-order valence-electron chi connectivity index (χ1n) is 5.76. The topological polar surface area (TPSA) is 72.5 Å². The van der Waals surface area contributed by atoms with Gasteiger partial charge in [-0.25, -0.2) is 0 Å². The summed E-state index contributed by atoms with van der Waals surface area (Å²) in [5.41, 5.74) is 8.06. The largest absolute Gasteiger partial charge is 0.508 e. The fourth-order valence-electron chi connectivity index (χ4n) is 2.52. The van der Waals surface area contributed by atoms with Crippen LogP contribution in [0.1, 0.15) is 29.9 Å². The summed E-state index contributed by atoms with van der Waals surface area (Å²) in [5, 5.41) is 9.74. The van der Waals surface area contributed by atoms with Gasteiger partial charge in [-0.2, -0.15) is 0 Å². The number of aromatic hydroxyl groups is 1. The third-order valence-corrected chi connectivity index (χ3v) is 3.43. The van der Waals surface area contributed by atoms with Crippen LogP contribution in [-0.4, -0.2) is 24.2 Å². The molecular formula is C13H17NO3. The van der Waals surface area contributed by atoms with Crippen molar-refractivity contribution in [2.24, 2.45) is 5.73 Å². The summed E-state index contributed by atoms with van der Waals surface area (Å²) in [5.74, 6) is 0.223. The van der Waals surface area contributed by atoms with Crippen molar-refractivity contribution >= 4 is 5.97 Å². The summed E-state index contributed by atoms with van der Waals surface area (Å²) in [4.78, 5) is 11.1. The number of esters is 1. The zero-order valence-electron chi connectivity index (χ0n) is 9.85. The van der Waals surface area contributed by atoms with Crippen molar-refractivity contribution in [3.63, 3.8) is 0 Å². The smallest absolute Gasteiger partial charge is 0.305 e. The van der Waals surface area contributed by atoms with Gasteiger partial charge in [-0.15, -0.1) is 0 Å². The van der Waals surface area contributed by atoms with E-state index in [9.17, 15) is 9.90 Å². The van der Waals surface area contributed by atoms with Crippen LogP contribution in [0.15, 0.2) is 18.2 Å². The second-order valence-electron chi connectivity index (χ2n) is 4.43. The molecule has 0 saturated carbocycles. The van der Waals surface area contributed by atoms with Crippen LogP contribution in [0.5, 0.6) is 5.75 Å². The van der Waals surface area contributed by atoms with E-state index < -0.39 is 0 Å². The fourth-order valence-corrected chi connectivity index (χ4v) is 2.52.